The topological polar surface area (TPSA) is 88.3 Å². The first-order chi connectivity index (χ1) is 10.4. The van der Waals surface area contributed by atoms with Crippen LogP contribution in [0.4, 0.5) is 0 Å². The molecule has 0 aliphatic heterocycles. The molecule has 0 amide bonds. The Morgan fingerprint density at radius 3 is 2.77 bits per heavy atom. The molecule has 7 heteroatoms. The number of hydrogen-bond acceptors (Lipinski definition) is 4. The molecule has 1 aromatic carbocycles. The fourth-order valence-electron chi connectivity index (χ4n) is 2.16. The lowest BCUT2D eigenvalue weighted by Crippen LogP contribution is -2.31. The lowest BCUT2D eigenvalue weighted by molar-refractivity contribution is 0.217. The number of hydrogen-bond donors (Lipinski definition) is 2. The summed E-state index contributed by atoms with van der Waals surface area (Å²) in [6.07, 6.45) is 0.339. The van der Waals surface area contributed by atoms with Gasteiger partial charge in [0.25, 0.3) is 5.56 Å². The van der Waals surface area contributed by atoms with E-state index in [1.54, 1.807) is 0 Å². The number of ether oxygens (including phenoxy) is 1. The van der Waals surface area contributed by atoms with Crippen molar-refractivity contribution in [2.45, 2.75) is 13.3 Å². The van der Waals surface area contributed by atoms with Crippen LogP contribution in [0.5, 0.6) is 0 Å². The van der Waals surface area contributed by atoms with Crippen LogP contribution >= 0.6 is 0 Å². The Morgan fingerprint density at radius 1 is 1.27 bits per heavy atom. The van der Waals surface area contributed by atoms with Gasteiger partial charge < -0.3 is 9.72 Å². The Bertz CT molecular complexity index is 812. The van der Waals surface area contributed by atoms with Crippen molar-refractivity contribution in [3.8, 4) is 0 Å². The molecule has 120 valence electrons. The number of aromatic nitrogens is 1. The maximum absolute atomic E-state index is 12.0. The summed E-state index contributed by atoms with van der Waals surface area (Å²) in [5, 5.41) is 0.942. The first-order valence-electron chi connectivity index (χ1n) is 7.00. The van der Waals surface area contributed by atoms with E-state index in [1.807, 2.05) is 31.2 Å². The molecule has 0 radical (unpaired) electrons. The molecule has 2 rings (SSSR count). The Labute approximate surface area is 129 Å². The summed E-state index contributed by atoms with van der Waals surface area (Å²) in [4.78, 5) is 14.8. The van der Waals surface area contributed by atoms with Gasteiger partial charge in [0.2, 0.25) is 10.0 Å². The second kappa shape index (κ2) is 7.04. The van der Waals surface area contributed by atoms with Crippen molar-refractivity contribution >= 4 is 20.9 Å². The van der Waals surface area contributed by atoms with Crippen LogP contribution in [0.1, 0.15) is 11.1 Å². The van der Waals surface area contributed by atoms with Crippen LogP contribution in [-0.4, -0.2) is 39.4 Å². The Hall–Kier alpha value is -1.70. The predicted octanol–water partition coefficient (Wildman–Crippen LogP) is 0.945. The molecule has 0 saturated carbocycles. The van der Waals surface area contributed by atoms with Crippen molar-refractivity contribution in [3.63, 3.8) is 0 Å². The third-order valence-corrected chi connectivity index (χ3v) is 4.70. The highest BCUT2D eigenvalue weighted by Crippen LogP contribution is 2.13. The predicted molar refractivity (Wildman–Crippen MR) is 86.7 cm³/mol. The van der Waals surface area contributed by atoms with Crippen LogP contribution in [0.15, 0.2) is 29.1 Å². The van der Waals surface area contributed by atoms with Gasteiger partial charge in [-0.15, -0.1) is 0 Å². The Kier molecular flexibility index (Phi) is 5.33. The largest absolute Gasteiger partial charge is 0.384 e. The summed E-state index contributed by atoms with van der Waals surface area (Å²) in [6, 6.07) is 7.59. The van der Waals surface area contributed by atoms with E-state index in [4.69, 9.17) is 4.74 Å². The molecule has 2 aromatic rings. The van der Waals surface area contributed by atoms with Crippen LogP contribution in [0.2, 0.25) is 0 Å². The van der Waals surface area contributed by atoms with Gasteiger partial charge in [-0.1, -0.05) is 11.6 Å². The van der Waals surface area contributed by atoms with Gasteiger partial charge in [-0.3, -0.25) is 4.79 Å². The second-order valence-corrected chi connectivity index (χ2v) is 7.10. The standard InChI is InChI=1S/C15H20N2O4S/c1-11-3-4-14-13(9-11)10-12(15(18)17-14)5-6-16-22(19,20)8-7-21-2/h3-4,9-10,16H,5-8H2,1-2H3,(H,17,18). The molecule has 0 saturated heterocycles. The molecule has 6 nitrogen and oxygen atoms in total. The van der Waals surface area contributed by atoms with Gasteiger partial charge in [0.1, 0.15) is 0 Å². The SMILES string of the molecule is COCCS(=O)(=O)NCCc1cc2cc(C)ccc2[nH]c1=O. The van der Waals surface area contributed by atoms with Crippen molar-refractivity contribution in [1.82, 2.24) is 9.71 Å². The monoisotopic (exact) mass is 324 g/mol. The van der Waals surface area contributed by atoms with Gasteiger partial charge in [0.15, 0.2) is 0 Å². The van der Waals surface area contributed by atoms with Crippen LogP contribution in [0, 0.1) is 6.92 Å². The molecule has 0 aliphatic rings. The fraction of sp³-hybridized carbons (Fsp3) is 0.400. The van der Waals surface area contributed by atoms with Gasteiger partial charge in [-0.25, -0.2) is 13.1 Å². The smallest absolute Gasteiger partial charge is 0.251 e. The lowest BCUT2D eigenvalue weighted by atomic mass is 10.1. The zero-order valence-electron chi connectivity index (χ0n) is 12.7. The molecule has 22 heavy (non-hydrogen) atoms. The maximum Gasteiger partial charge on any atom is 0.251 e. The van der Waals surface area contributed by atoms with Crippen molar-refractivity contribution in [1.29, 1.82) is 0 Å². The number of benzene rings is 1. The number of nitrogens with one attached hydrogen (secondary N) is 2. The number of pyridine rings is 1. The quantitative estimate of drug-likeness (QED) is 0.793. The lowest BCUT2D eigenvalue weighted by Gasteiger charge is -2.07. The summed E-state index contributed by atoms with van der Waals surface area (Å²) >= 11 is 0. The highest BCUT2D eigenvalue weighted by molar-refractivity contribution is 7.89. The first-order valence-corrected chi connectivity index (χ1v) is 8.65. The van der Waals surface area contributed by atoms with E-state index in [1.165, 1.54) is 7.11 Å². The molecular formula is C15H20N2O4S. The highest BCUT2D eigenvalue weighted by Gasteiger charge is 2.10. The van der Waals surface area contributed by atoms with Crippen LogP contribution in [0.25, 0.3) is 10.9 Å². The molecule has 1 heterocycles. The molecule has 0 atom stereocenters. The normalized spacial score (nSPS) is 11.9. The molecule has 2 N–H and O–H groups in total. The average Bonchev–Trinajstić information content (AvgIpc) is 2.46. The average molecular weight is 324 g/mol. The van der Waals surface area contributed by atoms with Gasteiger partial charge in [-0.05, 0) is 36.9 Å². The van der Waals surface area contributed by atoms with Crippen molar-refractivity contribution < 1.29 is 13.2 Å². The molecule has 0 fully saturated rings. The highest BCUT2D eigenvalue weighted by atomic mass is 32.2. The number of H-pyrrole nitrogens is 1. The first kappa shape index (κ1) is 16.7. The maximum atomic E-state index is 12.0. The Morgan fingerprint density at radius 2 is 2.05 bits per heavy atom. The van der Waals surface area contributed by atoms with Gasteiger partial charge in [-0.2, -0.15) is 0 Å². The van der Waals surface area contributed by atoms with Gasteiger partial charge in [0.05, 0.1) is 12.4 Å². The number of fused-ring (bicyclic) bond motifs is 1. The molecule has 0 spiro atoms. The number of aromatic amines is 1. The van der Waals surface area contributed by atoms with E-state index in [0.29, 0.717) is 12.0 Å². The van der Waals surface area contributed by atoms with Crippen LogP contribution in [-0.2, 0) is 21.2 Å². The third-order valence-electron chi connectivity index (χ3n) is 3.35. The Balaban J connectivity index is 2.08. The molecule has 1 aromatic heterocycles. The number of sulfonamides is 1. The molecule has 0 bridgehead atoms. The summed E-state index contributed by atoms with van der Waals surface area (Å²) in [5.41, 5.74) is 2.26. The van der Waals surface area contributed by atoms with E-state index in [9.17, 15) is 13.2 Å². The molecule has 0 unspecified atom stereocenters. The summed E-state index contributed by atoms with van der Waals surface area (Å²) in [6.45, 7) is 2.31. The number of methoxy groups -OCH3 is 1. The minimum Gasteiger partial charge on any atom is -0.384 e. The van der Waals surface area contributed by atoms with Crippen molar-refractivity contribution in [2.75, 3.05) is 26.0 Å². The van der Waals surface area contributed by atoms with Gasteiger partial charge in [0, 0.05) is 24.7 Å². The zero-order chi connectivity index (χ0) is 16.2. The molecular weight excluding hydrogens is 304 g/mol. The van der Waals surface area contributed by atoms with Crippen LogP contribution in [0.3, 0.4) is 0 Å². The summed E-state index contributed by atoms with van der Waals surface area (Å²) < 4.78 is 30.5. The minimum absolute atomic E-state index is 0.0865. The van der Waals surface area contributed by atoms with E-state index < -0.39 is 10.0 Å². The number of aryl methyl sites for hydroxylation is 1. The molecule has 0 aliphatic carbocycles. The summed E-state index contributed by atoms with van der Waals surface area (Å²) in [7, 11) is -1.91. The van der Waals surface area contributed by atoms with Crippen LogP contribution < -0.4 is 10.3 Å². The summed E-state index contributed by atoms with van der Waals surface area (Å²) in [5.74, 6) is -0.0865. The fourth-order valence-corrected chi connectivity index (χ4v) is 3.11. The number of rotatable bonds is 7. The van der Waals surface area contributed by atoms with Crippen molar-refractivity contribution in [2.24, 2.45) is 0 Å². The van der Waals surface area contributed by atoms with E-state index >= 15 is 0 Å². The minimum atomic E-state index is -3.36. The van der Waals surface area contributed by atoms with Gasteiger partial charge >= 0.3 is 0 Å². The third kappa shape index (κ3) is 4.40. The second-order valence-electron chi connectivity index (χ2n) is 5.17. The zero-order valence-corrected chi connectivity index (χ0v) is 13.5. The van der Waals surface area contributed by atoms with E-state index in [-0.39, 0.29) is 24.5 Å². The van der Waals surface area contributed by atoms with E-state index in [2.05, 4.69) is 9.71 Å². The van der Waals surface area contributed by atoms with Crippen molar-refractivity contribution in [3.05, 3.63) is 45.7 Å². The van der Waals surface area contributed by atoms with E-state index in [0.717, 1.165) is 16.5 Å².